The average Bonchev–Trinajstić information content (AvgIpc) is 2.38. The van der Waals surface area contributed by atoms with Gasteiger partial charge in [0.1, 0.15) is 6.33 Å². The van der Waals surface area contributed by atoms with E-state index in [2.05, 4.69) is 15.3 Å². The zero-order valence-electron chi connectivity index (χ0n) is 11.0. The predicted octanol–water partition coefficient (Wildman–Crippen LogP) is 3.91. The molecule has 0 bridgehead atoms. The summed E-state index contributed by atoms with van der Waals surface area (Å²) in [6, 6.07) is 7.57. The molecule has 0 unspecified atom stereocenters. The van der Waals surface area contributed by atoms with Crippen LogP contribution in [-0.2, 0) is 0 Å². The Bertz CT molecular complexity index is 646. The molecular formula is C13H13ClN4O2. The summed E-state index contributed by atoms with van der Waals surface area (Å²) in [5.74, 6) is 0.359. The van der Waals surface area contributed by atoms with Crippen molar-refractivity contribution in [2.45, 2.75) is 19.8 Å². The van der Waals surface area contributed by atoms with E-state index in [1.165, 1.54) is 6.33 Å². The molecule has 0 saturated heterocycles. The minimum absolute atomic E-state index is 0.0862. The zero-order valence-corrected chi connectivity index (χ0v) is 11.8. The molecule has 0 fully saturated rings. The Morgan fingerprint density at radius 3 is 2.65 bits per heavy atom. The molecule has 104 valence electrons. The van der Waals surface area contributed by atoms with Crippen LogP contribution in [0.4, 0.5) is 17.2 Å². The zero-order chi connectivity index (χ0) is 14.7. The number of benzene rings is 1. The van der Waals surface area contributed by atoms with Gasteiger partial charge in [-0.05, 0) is 17.5 Å². The van der Waals surface area contributed by atoms with Crippen LogP contribution in [0.3, 0.4) is 0 Å². The fraction of sp³-hybridized carbons (Fsp3) is 0.231. The molecule has 1 aromatic carbocycles. The number of nitrogens with zero attached hydrogens (tertiary/aromatic N) is 3. The summed E-state index contributed by atoms with van der Waals surface area (Å²) in [5.41, 5.74) is 1.48. The van der Waals surface area contributed by atoms with Crippen LogP contribution >= 0.6 is 11.6 Å². The lowest BCUT2D eigenvalue weighted by Gasteiger charge is -2.13. The number of hydrogen-bond donors (Lipinski definition) is 1. The first-order valence-corrected chi connectivity index (χ1v) is 6.39. The van der Waals surface area contributed by atoms with E-state index in [1.54, 1.807) is 0 Å². The van der Waals surface area contributed by atoms with Crippen molar-refractivity contribution in [3.05, 3.63) is 51.4 Å². The fourth-order valence-corrected chi connectivity index (χ4v) is 2.05. The van der Waals surface area contributed by atoms with Gasteiger partial charge in [-0.3, -0.25) is 10.1 Å². The Hall–Kier alpha value is -2.21. The molecule has 0 aliphatic carbocycles. The predicted molar refractivity (Wildman–Crippen MR) is 77.5 cm³/mol. The van der Waals surface area contributed by atoms with Crippen molar-refractivity contribution < 1.29 is 4.92 Å². The van der Waals surface area contributed by atoms with E-state index >= 15 is 0 Å². The van der Waals surface area contributed by atoms with E-state index in [9.17, 15) is 10.1 Å². The highest BCUT2D eigenvalue weighted by molar-refractivity contribution is 6.31. The summed E-state index contributed by atoms with van der Waals surface area (Å²) in [5, 5.41) is 13.8. The molecule has 1 heterocycles. The second-order valence-corrected chi connectivity index (χ2v) is 4.84. The first-order valence-electron chi connectivity index (χ1n) is 6.01. The van der Waals surface area contributed by atoms with Crippen molar-refractivity contribution in [1.82, 2.24) is 9.97 Å². The van der Waals surface area contributed by atoms with Gasteiger partial charge in [0, 0.05) is 5.69 Å². The summed E-state index contributed by atoms with van der Waals surface area (Å²) < 4.78 is 0. The largest absolute Gasteiger partial charge is 0.348 e. The average molecular weight is 293 g/mol. The van der Waals surface area contributed by atoms with Gasteiger partial charge in [0.15, 0.2) is 0 Å². The minimum Gasteiger partial charge on any atom is -0.334 e. The van der Waals surface area contributed by atoms with Gasteiger partial charge in [-0.15, -0.1) is 0 Å². The summed E-state index contributed by atoms with van der Waals surface area (Å²) >= 11 is 5.76. The van der Waals surface area contributed by atoms with Gasteiger partial charge in [0.2, 0.25) is 11.0 Å². The van der Waals surface area contributed by atoms with E-state index in [1.807, 2.05) is 38.1 Å². The molecular weight excluding hydrogens is 280 g/mol. The van der Waals surface area contributed by atoms with Gasteiger partial charge in [-0.1, -0.05) is 43.6 Å². The van der Waals surface area contributed by atoms with Crippen molar-refractivity contribution in [2.75, 3.05) is 5.32 Å². The minimum atomic E-state index is -0.595. The molecule has 2 aromatic rings. The van der Waals surface area contributed by atoms with E-state index in [0.29, 0.717) is 0 Å². The molecule has 1 N–H and O–H groups in total. The molecule has 0 amide bonds. The maximum absolute atomic E-state index is 11.1. The van der Waals surface area contributed by atoms with E-state index in [0.717, 1.165) is 11.3 Å². The van der Waals surface area contributed by atoms with Crippen molar-refractivity contribution in [1.29, 1.82) is 0 Å². The molecule has 1 aromatic heterocycles. The number of para-hydroxylation sites is 1. The Morgan fingerprint density at radius 2 is 2.00 bits per heavy atom. The van der Waals surface area contributed by atoms with Crippen LogP contribution in [0.2, 0.25) is 5.15 Å². The maximum Gasteiger partial charge on any atom is 0.348 e. The van der Waals surface area contributed by atoms with Crippen LogP contribution < -0.4 is 5.32 Å². The monoisotopic (exact) mass is 292 g/mol. The first-order chi connectivity index (χ1) is 9.50. The Balaban J connectivity index is 2.46. The number of nitrogens with one attached hydrogen (secondary N) is 1. The third kappa shape index (κ3) is 2.85. The van der Waals surface area contributed by atoms with Gasteiger partial charge >= 0.3 is 5.69 Å². The third-order valence-electron chi connectivity index (χ3n) is 2.80. The highest BCUT2D eigenvalue weighted by Gasteiger charge is 2.22. The van der Waals surface area contributed by atoms with Gasteiger partial charge in [0.25, 0.3) is 0 Å². The first kappa shape index (κ1) is 14.2. The van der Waals surface area contributed by atoms with Crippen molar-refractivity contribution in [3.8, 4) is 0 Å². The van der Waals surface area contributed by atoms with E-state index in [4.69, 9.17) is 11.6 Å². The Kier molecular flexibility index (Phi) is 4.14. The van der Waals surface area contributed by atoms with Crippen LogP contribution in [-0.4, -0.2) is 14.9 Å². The molecule has 0 atom stereocenters. The molecule has 0 radical (unpaired) electrons. The quantitative estimate of drug-likeness (QED) is 0.525. The summed E-state index contributed by atoms with van der Waals surface area (Å²) in [6.07, 6.45) is 1.19. The summed E-state index contributed by atoms with van der Waals surface area (Å²) in [6.45, 7) is 4.09. The van der Waals surface area contributed by atoms with Gasteiger partial charge in [-0.25, -0.2) is 9.97 Å². The summed E-state index contributed by atoms with van der Waals surface area (Å²) in [7, 11) is 0. The Labute approximate surface area is 121 Å². The van der Waals surface area contributed by atoms with Crippen LogP contribution in [0.5, 0.6) is 0 Å². The normalized spacial score (nSPS) is 10.6. The number of halogens is 1. The highest BCUT2D eigenvalue weighted by atomic mass is 35.5. The maximum atomic E-state index is 11.1. The molecule has 20 heavy (non-hydrogen) atoms. The lowest BCUT2D eigenvalue weighted by Crippen LogP contribution is -2.04. The van der Waals surface area contributed by atoms with E-state index < -0.39 is 4.92 Å². The van der Waals surface area contributed by atoms with Crippen LogP contribution in [0.25, 0.3) is 0 Å². The van der Waals surface area contributed by atoms with Crippen molar-refractivity contribution in [2.24, 2.45) is 0 Å². The number of hydrogen-bond acceptors (Lipinski definition) is 5. The number of nitro groups is 1. The van der Waals surface area contributed by atoms with Crippen LogP contribution in [0, 0.1) is 10.1 Å². The summed E-state index contributed by atoms with van der Waals surface area (Å²) in [4.78, 5) is 18.0. The van der Waals surface area contributed by atoms with Gasteiger partial charge in [-0.2, -0.15) is 0 Å². The molecule has 0 aliphatic rings. The molecule has 2 rings (SSSR count). The molecule has 0 aliphatic heterocycles. The second kappa shape index (κ2) is 5.83. The lowest BCUT2D eigenvalue weighted by molar-refractivity contribution is -0.384. The van der Waals surface area contributed by atoms with Gasteiger partial charge in [0.05, 0.1) is 4.92 Å². The second-order valence-electron chi connectivity index (χ2n) is 4.49. The van der Waals surface area contributed by atoms with Crippen molar-refractivity contribution >= 4 is 28.8 Å². The Morgan fingerprint density at radius 1 is 1.30 bits per heavy atom. The smallest absolute Gasteiger partial charge is 0.334 e. The third-order valence-corrected chi connectivity index (χ3v) is 3.07. The molecule has 6 nitrogen and oxygen atoms in total. The van der Waals surface area contributed by atoms with Gasteiger partial charge < -0.3 is 5.32 Å². The van der Waals surface area contributed by atoms with Crippen LogP contribution in [0.15, 0.2) is 30.6 Å². The topological polar surface area (TPSA) is 81.0 Å². The van der Waals surface area contributed by atoms with E-state index in [-0.39, 0.29) is 22.6 Å². The fourth-order valence-electron chi connectivity index (χ4n) is 1.85. The van der Waals surface area contributed by atoms with Crippen molar-refractivity contribution in [3.63, 3.8) is 0 Å². The van der Waals surface area contributed by atoms with Crippen LogP contribution in [0.1, 0.15) is 25.3 Å². The molecule has 7 heteroatoms. The number of aromatic nitrogens is 2. The molecule has 0 saturated carbocycles. The molecule has 0 spiro atoms. The standard InChI is InChI=1S/C13H13ClN4O2/c1-8(2)9-5-3-4-6-10(9)17-13-11(18(19)20)12(14)15-7-16-13/h3-8H,1-2H3,(H,15,16,17). The number of anilines is 2. The SMILES string of the molecule is CC(C)c1ccccc1Nc1ncnc(Cl)c1[N+](=O)[O-]. The highest BCUT2D eigenvalue weighted by Crippen LogP contribution is 2.33. The lowest BCUT2D eigenvalue weighted by atomic mass is 10.0. The number of rotatable bonds is 4.